The minimum absolute atomic E-state index is 0.207. The average molecular weight is 122 g/mol. The molecule has 0 aliphatic rings. The van der Waals surface area contributed by atoms with Gasteiger partial charge in [-0.2, -0.15) is 12.6 Å². The van der Waals surface area contributed by atoms with Crippen molar-refractivity contribution in [3.05, 3.63) is 0 Å². The summed E-state index contributed by atoms with van der Waals surface area (Å²) in [5, 5.41) is 0. The molecule has 0 nitrogen and oxygen atoms in total. The molecule has 0 saturated carbocycles. The first-order chi connectivity index (χ1) is 3.31. The van der Waals surface area contributed by atoms with Gasteiger partial charge in [0.2, 0.25) is 0 Å². The molecule has 0 aromatic rings. The van der Waals surface area contributed by atoms with Crippen LogP contribution in [0.25, 0.3) is 0 Å². The predicted molar refractivity (Wildman–Crippen MR) is 33.6 cm³/mol. The molecule has 44 valence electrons. The van der Waals surface area contributed by atoms with E-state index in [2.05, 4.69) is 12.6 Å². The number of hydrogen-bond donors (Lipinski definition) is 1. The van der Waals surface area contributed by atoms with Gasteiger partial charge in [-0.15, -0.1) is 0 Å². The molecule has 0 aliphatic heterocycles. The minimum Gasteiger partial charge on any atom is -0.251 e. The van der Waals surface area contributed by atoms with Gasteiger partial charge in [0.25, 0.3) is 0 Å². The summed E-state index contributed by atoms with van der Waals surface area (Å²) >= 11 is 3.98. The molecule has 2 heteroatoms. The van der Waals surface area contributed by atoms with E-state index in [1.54, 1.807) is 0 Å². The Balaban J connectivity index is 2.83. The van der Waals surface area contributed by atoms with Gasteiger partial charge in [-0.3, -0.25) is 4.39 Å². The maximum atomic E-state index is 11.4. The zero-order valence-corrected chi connectivity index (χ0v) is 5.42. The lowest BCUT2D eigenvalue weighted by atomic mass is 10.1. The zero-order valence-electron chi connectivity index (χ0n) is 4.52. The van der Waals surface area contributed by atoms with Crippen LogP contribution >= 0.6 is 12.6 Å². The Bertz CT molecular complexity index is 39.1. The molecular weight excluding hydrogens is 111 g/mol. The number of thiol groups is 1. The Labute approximate surface area is 49.5 Å². The van der Waals surface area contributed by atoms with Crippen LogP contribution in [0.1, 0.15) is 13.3 Å². The van der Waals surface area contributed by atoms with Crippen molar-refractivity contribution in [1.82, 2.24) is 0 Å². The molecule has 0 aliphatic carbocycles. The summed E-state index contributed by atoms with van der Waals surface area (Å²) in [7, 11) is 0. The topological polar surface area (TPSA) is 0 Å². The van der Waals surface area contributed by atoms with Crippen molar-refractivity contribution in [2.75, 3.05) is 12.4 Å². The van der Waals surface area contributed by atoms with Crippen molar-refractivity contribution in [2.24, 2.45) is 5.92 Å². The van der Waals surface area contributed by atoms with Crippen LogP contribution in [0.3, 0.4) is 0 Å². The maximum absolute atomic E-state index is 11.4. The second kappa shape index (κ2) is 4.44. The molecule has 0 bridgehead atoms. The van der Waals surface area contributed by atoms with Crippen LogP contribution in [0.5, 0.6) is 0 Å². The third-order valence-corrected chi connectivity index (χ3v) is 1.54. The molecule has 0 fully saturated rings. The molecule has 0 radical (unpaired) electrons. The SMILES string of the molecule is CC(CS)CCF. The highest BCUT2D eigenvalue weighted by atomic mass is 32.1. The lowest BCUT2D eigenvalue weighted by Gasteiger charge is -2.00. The van der Waals surface area contributed by atoms with Gasteiger partial charge in [-0.05, 0) is 18.1 Å². The Morgan fingerprint density at radius 2 is 2.29 bits per heavy atom. The van der Waals surface area contributed by atoms with Crippen LogP contribution in [0.4, 0.5) is 4.39 Å². The Morgan fingerprint density at radius 1 is 1.71 bits per heavy atom. The van der Waals surface area contributed by atoms with Gasteiger partial charge in [-0.1, -0.05) is 6.92 Å². The third-order valence-electron chi connectivity index (χ3n) is 0.914. The first kappa shape index (κ1) is 7.28. The van der Waals surface area contributed by atoms with E-state index in [1.165, 1.54) is 0 Å². The number of rotatable bonds is 3. The van der Waals surface area contributed by atoms with Gasteiger partial charge in [0.05, 0.1) is 6.67 Å². The molecule has 0 saturated heterocycles. The van der Waals surface area contributed by atoms with Crippen molar-refractivity contribution in [3.63, 3.8) is 0 Å². The van der Waals surface area contributed by atoms with E-state index >= 15 is 0 Å². The van der Waals surface area contributed by atoms with E-state index < -0.39 is 0 Å². The molecule has 0 aromatic carbocycles. The van der Waals surface area contributed by atoms with E-state index in [1.807, 2.05) is 6.92 Å². The third kappa shape index (κ3) is 4.13. The van der Waals surface area contributed by atoms with Crippen LogP contribution < -0.4 is 0 Å². The Morgan fingerprint density at radius 3 is 2.43 bits per heavy atom. The lowest BCUT2D eigenvalue weighted by Crippen LogP contribution is -1.95. The second-order valence-corrected chi connectivity index (χ2v) is 2.13. The summed E-state index contributed by atoms with van der Waals surface area (Å²) in [5.74, 6) is 1.23. The molecular formula is C5H11FS. The number of hydrogen-bond acceptors (Lipinski definition) is 1. The molecule has 0 rings (SSSR count). The highest BCUT2D eigenvalue weighted by Gasteiger charge is 1.95. The van der Waals surface area contributed by atoms with E-state index in [0.717, 1.165) is 5.75 Å². The molecule has 0 heterocycles. The van der Waals surface area contributed by atoms with Gasteiger partial charge in [-0.25, -0.2) is 0 Å². The van der Waals surface area contributed by atoms with E-state index in [9.17, 15) is 4.39 Å². The quantitative estimate of drug-likeness (QED) is 0.543. The molecule has 0 amide bonds. The molecule has 0 aromatic heterocycles. The highest BCUT2D eigenvalue weighted by Crippen LogP contribution is 2.02. The largest absolute Gasteiger partial charge is 0.251 e. The molecule has 1 unspecified atom stereocenters. The lowest BCUT2D eigenvalue weighted by molar-refractivity contribution is 0.424. The fraction of sp³-hybridized carbons (Fsp3) is 1.00. The van der Waals surface area contributed by atoms with E-state index in [0.29, 0.717) is 12.3 Å². The van der Waals surface area contributed by atoms with Crippen LogP contribution in [0.2, 0.25) is 0 Å². The summed E-state index contributed by atoms with van der Waals surface area (Å²) < 4.78 is 11.4. The zero-order chi connectivity index (χ0) is 5.70. The van der Waals surface area contributed by atoms with Crippen LogP contribution in [0, 0.1) is 5.92 Å². The molecule has 1 atom stereocenters. The van der Waals surface area contributed by atoms with Crippen molar-refractivity contribution < 1.29 is 4.39 Å². The van der Waals surface area contributed by atoms with Gasteiger partial charge in [0.15, 0.2) is 0 Å². The average Bonchev–Trinajstić information content (AvgIpc) is 1.68. The van der Waals surface area contributed by atoms with Crippen LogP contribution in [0.15, 0.2) is 0 Å². The summed E-state index contributed by atoms with van der Waals surface area (Å²) in [6.45, 7) is 1.79. The summed E-state index contributed by atoms with van der Waals surface area (Å²) in [4.78, 5) is 0. The van der Waals surface area contributed by atoms with Gasteiger partial charge in [0, 0.05) is 0 Å². The monoisotopic (exact) mass is 122 g/mol. The molecule has 0 N–H and O–H groups in total. The molecule has 7 heavy (non-hydrogen) atoms. The Hall–Kier alpha value is 0.280. The fourth-order valence-electron chi connectivity index (χ4n) is 0.278. The van der Waals surface area contributed by atoms with Crippen molar-refractivity contribution in [2.45, 2.75) is 13.3 Å². The standard InChI is InChI=1S/C5H11FS/c1-5(4-7)2-3-6/h5,7H,2-4H2,1H3. The van der Waals surface area contributed by atoms with Crippen molar-refractivity contribution >= 4 is 12.6 Å². The van der Waals surface area contributed by atoms with Gasteiger partial charge in [0.1, 0.15) is 0 Å². The van der Waals surface area contributed by atoms with Crippen LogP contribution in [-0.4, -0.2) is 12.4 Å². The first-order valence-corrected chi connectivity index (χ1v) is 3.11. The maximum Gasteiger partial charge on any atom is 0.0897 e. The van der Waals surface area contributed by atoms with Crippen molar-refractivity contribution in [3.8, 4) is 0 Å². The highest BCUT2D eigenvalue weighted by molar-refractivity contribution is 7.80. The van der Waals surface area contributed by atoms with Crippen molar-refractivity contribution in [1.29, 1.82) is 0 Å². The first-order valence-electron chi connectivity index (χ1n) is 2.48. The number of halogens is 1. The van der Waals surface area contributed by atoms with E-state index in [-0.39, 0.29) is 6.67 Å². The smallest absolute Gasteiger partial charge is 0.0897 e. The summed E-state index contributed by atoms with van der Waals surface area (Å²) in [6, 6.07) is 0. The molecule has 0 spiro atoms. The summed E-state index contributed by atoms with van der Waals surface area (Å²) in [6.07, 6.45) is 0.656. The normalized spacial score (nSPS) is 14.1. The van der Waals surface area contributed by atoms with Gasteiger partial charge < -0.3 is 0 Å². The minimum atomic E-state index is -0.207. The second-order valence-electron chi connectivity index (χ2n) is 1.77. The summed E-state index contributed by atoms with van der Waals surface area (Å²) in [5.41, 5.74) is 0. The van der Waals surface area contributed by atoms with E-state index in [4.69, 9.17) is 0 Å². The van der Waals surface area contributed by atoms with Gasteiger partial charge >= 0.3 is 0 Å². The van der Waals surface area contributed by atoms with Crippen LogP contribution in [-0.2, 0) is 0 Å². The Kier molecular flexibility index (Phi) is 4.62. The fourth-order valence-corrected chi connectivity index (χ4v) is 0.460. The predicted octanol–water partition coefficient (Wildman–Crippen LogP) is 1.91. The number of alkyl halides is 1.